The highest BCUT2D eigenvalue weighted by atomic mass is 16.4. The van der Waals surface area contributed by atoms with E-state index in [0.717, 1.165) is 19.3 Å². The highest BCUT2D eigenvalue weighted by molar-refractivity contribution is 5.73. The highest BCUT2D eigenvalue weighted by Gasteiger charge is 2.23. The second kappa shape index (κ2) is 6.82. The second-order valence-corrected chi connectivity index (χ2v) is 4.12. The number of hydrogen-bond acceptors (Lipinski definition) is 2. The van der Waals surface area contributed by atoms with Crippen molar-refractivity contribution in [2.75, 3.05) is 0 Å². The van der Waals surface area contributed by atoms with E-state index in [-0.39, 0.29) is 5.92 Å². The summed E-state index contributed by atoms with van der Waals surface area (Å²) < 4.78 is 0. The maximum Gasteiger partial charge on any atom is 0.320 e. The third-order valence-corrected chi connectivity index (χ3v) is 2.48. The van der Waals surface area contributed by atoms with Gasteiger partial charge in [0, 0.05) is 6.04 Å². The SMILES string of the molecule is CCCC(CC)NC(C(=O)O)C(C)C. The fourth-order valence-corrected chi connectivity index (χ4v) is 1.56. The highest BCUT2D eigenvalue weighted by Crippen LogP contribution is 2.08. The van der Waals surface area contributed by atoms with Crippen LogP contribution in [0.5, 0.6) is 0 Å². The molecule has 14 heavy (non-hydrogen) atoms. The van der Waals surface area contributed by atoms with Crippen molar-refractivity contribution in [2.24, 2.45) is 5.92 Å². The molecule has 84 valence electrons. The van der Waals surface area contributed by atoms with Crippen LogP contribution in [0.4, 0.5) is 0 Å². The number of aliphatic carboxylic acids is 1. The Labute approximate surface area is 86.9 Å². The van der Waals surface area contributed by atoms with Crippen LogP contribution in [-0.2, 0) is 4.79 Å². The van der Waals surface area contributed by atoms with Crippen molar-refractivity contribution in [3.63, 3.8) is 0 Å². The fraction of sp³-hybridized carbons (Fsp3) is 0.909. The number of nitrogens with one attached hydrogen (secondary N) is 1. The standard InChI is InChI=1S/C11H23NO2/c1-5-7-9(6-2)12-10(8(3)4)11(13)14/h8-10,12H,5-7H2,1-4H3,(H,13,14). The molecule has 0 aliphatic rings. The van der Waals surface area contributed by atoms with Gasteiger partial charge in [-0.3, -0.25) is 4.79 Å². The predicted octanol–water partition coefficient (Wildman–Crippen LogP) is 2.26. The Morgan fingerprint density at radius 3 is 2.21 bits per heavy atom. The maximum atomic E-state index is 10.9. The van der Waals surface area contributed by atoms with Gasteiger partial charge in [-0.2, -0.15) is 0 Å². The Morgan fingerprint density at radius 1 is 1.36 bits per heavy atom. The molecule has 0 fully saturated rings. The summed E-state index contributed by atoms with van der Waals surface area (Å²) in [7, 11) is 0. The van der Waals surface area contributed by atoms with Crippen LogP contribution in [-0.4, -0.2) is 23.2 Å². The Balaban J connectivity index is 4.18. The maximum absolute atomic E-state index is 10.9. The van der Waals surface area contributed by atoms with Crippen LogP contribution in [0.25, 0.3) is 0 Å². The molecule has 0 heterocycles. The lowest BCUT2D eigenvalue weighted by Gasteiger charge is -2.24. The molecule has 0 aromatic heterocycles. The number of carboxylic acid groups (broad SMARTS) is 1. The molecule has 0 aliphatic heterocycles. The Bertz CT molecular complexity index is 169. The molecule has 0 saturated carbocycles. The molecular formula is C11H23NO2. The number of rotatable bonds is 7. The first-order chi connectivity index (χ1) is 6.52. The van der Waals surface area contributed by atoms with E-state index in [0.29, 0.717) is 6.04 Å². The van der Waals surface area contributed by atoms with E-state index >= 15 is 0 Å². The number of hydrogen-bond donors (Lipinski definition) is 2. The summed E-state index contributed by atoms with van der Waals surface area (Å²) in [5.41, 5.74) is 0. The van der Waals surface area contributed by atoms with Gasteiger partial charge in [0.15, 0.2) is 0 Å². The second-order valence-electron chi connectivity index (χ2n) is 4.12. The average Bonchev–Trinajstić information content (AvgIpc) is 2.10. The quantitative estimate of drug-likeness (QED) is 0.664. The van der Waals surface area contributed by atoms with E-state index in [1.807, 2.05) is 13.8 Å². The van der Waals surface area contributed by atoms with Crippen LogP contribution in [0.1, 0.15) is 47.0 Å². The molecule has 2 unspecified atom stereocenters. The van der Waals surface area contributed by atoms with Crippen molar-refractivity contribution in [2.45, 2.75) is 59.0 Å². The molecule has 0 radical (unpaired) electrons. The first-order valence-corrected chi connectivity index (χ1v) is 5.51. The van der Waals surface area contributed by atoms with Gasteiger partial charge in [0.05, 0.1) is 0 Å². The molecule has 0 saturated heterocycles. The van der Waals surface area contributed by atoms with Crippen molar-refractivity contribution in [3.8, 4) is 0 Å². The molecule has 0 amide bonds. The molecule has 2 atom stereocenters. The van der Waals surface area contributed by atoms with Crippen LogP contribution in [0.2, 0.25) is 0 Å². The molecule has 2 N–H and O–H groups in total. The smallest absolute Gasteiger partial charge is 0.320 e. The lowest BCUT2D eigenvalue weighted by Crippen LogP contribution is -2.46. The van der Waals surface area contributed by atoms with Crippen molar-refractivity contribution in [1.82, 2.24) is 5.32 Å². The van der Waals surface area contributed by atoms with Gasteiger partial charge in [-0.05, 0) is 18.8 Å². The molecule has 0 rings (SSSR count). The van der Waals surface area contributed by atoms with Crippen LogP contribution < -0.4 is 5.32 Å². The first-order valence-electron chi connectivity index (χ1n) is 5.51. The van der Waals surface area contributed by atoms with Gasteiger partial charge in [-0.25, -0.2) is 0 Å². The summed E-state index contributed by atoms with van der Waals surface area (Å²) in [5, 5.41) is 12.2. The molecule has 3 heteroatoms. The summed E-state index contributed by atoms with van der Waals surface area (Å²) in [4.78, 5) is 10.9. The minimum atomic E-state index is -0.741. The van der Waals surface area contributed by atoms with Crippen molar-refractivity contribution in [1.29, 1.82) is 0 Å². The fourth-order valence-electron chi connectivity index (χ4n) is 1.56. The molecule has 0 aromatic carbocycles. The van der Waals surface area contributed by atoms with E-state index in [2.05, 4.69) is 19.2 Å². The zero-order chi connectivity index (χ0) is 11.1. The third kappa shape index (κ3) is 4.61. The first kappa shape index (κ1) is 13.4. The lowest BCUT2D eigenvalue weighted by atomic mass is 10.0. The van der Waals surface area contributed by atoms with Crippen LogP contribution in [0.15, 0.2) is 0 Å². The zero-order valence-corrected chi connectivity index (χ0v) is 9.71. The Kier molecular flexibility index (Phi) is 6.54. The molecule has 0 aliphatic carbocycles. The van der Waals surface area contributed by atoms with E-state index in [1.165, 1.54) is 0 Å². The Morgan fingerprint density at radius 2 is 1.93 bits per heavy atom. The van der Waals surface area contributed by atoms with Gasteiger partial charge < -0.3 is 10.4 Å². The van der Waals surface area contributed by atoms with Crippen LogP contribution >= 0.6 is 0 Å². The monoisotopic (exact) mass is 201 g/mol. The van der Waals surface area contributed by atoms with Gasteiger partial charge >= 0.3 is 5.97 Å². The van der Waals surface area contributed by atoms with Crippen molar-refractivity contribution in [3.05, 3.63) is 0 Å². The minimum Gasteiger partial charge on any atom is -0.480 e. The zero-order valence-electron chi connectivity index (χ0n) is 9.71. The predicted molar refractivity (Wildman–Crippen MR) is 58.4 cm³/mol. The summed E-state index contributed by atoms with van der Waals surface area (Å²) in [6, 6.07) is -0.0741. The molecule has 3 nitrogen and oxygen atoms in total. The molecule has 0 bridgehead atoms. The van der Waals surface area contributed by atoms with Crippen LogP contribution in [0.3, 0.4) is 0 Å². The molecule has 0 spiro atoms. The normalized spacial score (nSPS) is 15.5. The van der Waals surface area contributed by atoms with Crippen LogP contribution in [0, 0.1) is 5.92 Å². The Hall–Kier alpha value is -0.570. The number of carbonyl (C=O) groups is 1. The third-order valence-electron chi connectivity index (χ3n) is 2.48. The molecule has 0 aromatic rings. The van der Waals surface area contributed by atoms with Gasteiger partial charge in [-0.15, -0.1) is 0 Å². The van der Waals surface area contributed by atoms with E-state index in [4.69, 9.17) is 5.11 Å². The summed E-state index contributed by atoms with van der Waals surface area (Å²) in [5.74, 6) is -0.604. The van der Waals surface area contributed by atoms with Gasteiger partial charge in [-0.1, -0.05) is 34.1 Å². The lowest BCUT2D eigenvalue weighted by molar-refractivity contribution is -0.140. The topological polar surface area (TPSA) is 49.3 Å². The summed E-state index contributed by atoms with van der Waals surface area (Å²) in [6.07, 6.45) is 3.13. The van der Waals surface area contributed by atoms with E-state index in [1.54, 1.807) is 0 Å². The van der Waals surface area contributed by atoms with Gasteiger partial charge in [0.25, 0.3) is 0 Å². The van der Waals surface area contributed by atoms with E-state index < -0.39 is 12.0 Å². The van der Waals surface area contributed by atoms with Crippen molar-refractivity contribution < 1.29 is 9.90 Å². The van der Waals surface area contributed by atoms with E-state index in [9.17, 15) is 4.79 Å². The number of carboxylic acids is 1. The van der Waals surface area contributed by atoms with Crippen molar-refractivity contribution >= 4 is 5.97 Å². The van der Waals surface area contributed by atoms with Gasteiger partial charge in [0.1, 0.15) is 6.04 Å². The molecular weight excluding hydrogens is 178 g/mol. The largest absolute Gasteiger partial charge is 0.480 e. The summed E-state index contributed by atoms with van der Waals surface area (Å²) in [6.45, 7) is 8.08. The van der Waals surface area contributed by atoms with Gasteiger partial charge in [0.2, 0.25) is 0 Å². The average molecular weight is 201 g/mol. The minimum absolute atomic E-state index is 0.137. The summed E-state index contributed by atoms with van der Waals surface area (Å²) >= 11 is 0.